The highest BCUT2D eigenvalue weighted by atomic mass is 32.1. The van der Waals surface area contributed by atoms with Crippen LogP contribution in [-0.2, 0) is 0 Å². The van der Waals surface area contributed by atoms with Gasteiger partial charge in [-0.3, -0.25) is 9.69 Å². The molecule has 0 spiro atoms. The second-order valence-corrected chi connectivity index (χ2v) is 7.32. The maximum Gasteiger partial charge on any atom is 0.261 e. The Morgan fingerprint density at radius 2 is 2.17 bits per heavy atom. The number of thiophene rings is 1. The van der Waals surface area contributed by atoms with E-state index in [-0.39, 0.29) is 11.9 Å². The number of piperidine rings is 1. The maximum atomic E-state index is 12.2. The van der Waals surface area contributed by atoms with E-state index >= 15 is 0 Å². The topological polar surface area (TPSA) is 45.5 Å². The van der Waals surface area contributed by atoms with Crippen LogP contribution < -0.4 is 5.32 Å². The van der Waals surface area contributed by atoms with E-state index in [1.807, 2.05) is 36.6 Å². The largest absolute Gasteiger partial charge is 0.465 e. The van der Waals surface area contributed by atoms with E-state index in [0.717, 1.165) is 35.4 Å². The number of carbonyl (C=O) groups is 1. The molecule has 1 N–H and O–H groups in total. The van der Waals surface area contributed by atoms with Crippen LogP contribution in [0.25, 0.3) is 0 Å². The molecule has 0 radical (unpaired) electrons. The Morgan fingerprint density at radius 1 is 1.39 bits per heavy atom. The fourth-order valence-corrected chi connectivity index (χ4v) is 3.71. The van der Waals surface area contributed by atoms with Crippen LogP contribution in [-0.4, -0.2) is 30.4 Å². The van der Waals surface area contributed by atoms with Crippen molar-refractivity contribution in [2.24, 2.45) is 5.92 Å². The first-order valence-electron chi connectivity index (χ1n) is 8.25. The molecule has 124 valence electrons. The lowest BCUT2D eigenvalue weighted by atomic mass is 9.97. The molecule has 1 saturated heterocycles. The van der Waals surface area contributed by atoms with Gasteiger partial charge in [-0.25, -0.2) is 0 Å². The van der Waals surface area contributed by atoms with Crippen molar-refractivity contribution in [3.05, 3.63) is 46.0 Å². The third kappa shape index (κ3) is 4.03. The molecule has 0 aromatic carbocycles. The number of hydrogen-bond donors (Lipinski definition) is 1. The first-order chi connectivity index (χ1) is 11.1. The second-order valence-electron chi connectivity index (χ2n) is 6.37. The fourth-order valence-electron chi connectivity index (χ4n) is 3.07. The third-order valence-corrected chi connectivity index (χ3v) is 5.42. The molecule has 1 amide bonds. The molecule has 3 heterocycles. The highest BCUT2D eigenvalue weighted by Crippen LogP contribution is 2.27. The number of likely N-dealkylation sites (tertiary alicyclic amines) is 1. The minimum Gasteiger partial charge on any atom is -0.465 e. The van der Waals surface area contributed by atoms with Crippen molar-refractivity contribution in [2.75, 3.05) is 19.6 Å². The van der Waals surface area contributed by atoms with Crippen molar-refractivity contribution in [1.29, 1.82) is 0 Å². The molecule has 2 aromatic heterocycles. The lowest BCUT2D eigenvalue weighted by Crippen LogP contribution is -2.41. The van der Waals surface area contributed by atoms with Gasteiger partial charge < -0.3 is 9.73 Å². The number of rotatable bonds is 5. The average Bonchev–Trinajstić information content (AvgIpc) is 3.21. The van der Waals surface area contributed by atoms with Gasteiger partial charge in [0.1, 0.15) is 11.5 Å². The van der Waals surface area contributed by atoms with Crippen LogP contribution in [0.5, 0.6) is 0 Å². The summed E-state index contributed by atoms with van der Waals surface area (Å²) in [5, 5.41) is 5.00. The number of nitrogens with one attached hydrogen (secondary N) is 1. The first-order valence-corrected chi connectivity index (χ1v) is 9.13. The number of carbonyl (C=O) groups excluding carboxylic acids is 1. The lowest BCUT2D eigenvalue weighted by molar-refractivity contribution is 0.0898. The minimum absolute atomic E-state index is 0.00124. The summed E-state index contributed by atoms with van der Waals surface area (Å²) < 4.78 is 5.86. The van der Waals surface area contributed by atoms with Crippen LogP contribution >= 0.6 is 11.3 Å². The Morgan fingerprint density at radius 3 is 2.78 bits per heavy atom. The highest BCUT2D eigenvalue weighted by Gasteiger charge is 2.27. The molecule has 3 rings (SSSR count). The first kappa shape index (κ1) is 16.3. The zero-order valence-electron chi connectivity index (χ0n) is 13.7. The monoisotopic (exact) mass is 332 g/mol. The standard InChI is InChI=1S/C18H24N2O2S/c1-13-7-9-20(10-8-13)15(16-6-5-14(2)22-16)12-19-18(21)17-4-3-11-23-17/h3-6,11,13,15H,7-10,12H2,1-2H3,(H,19,21)/t15-/m1/s1. The van der Waals surface area contributed by atoms with Gasteiger partial charge in [0, 0.05) is 6.54 Å². The molecule has 0 saturated carbocycles. The van der Waals surface area contributed by atoms with Crippen molar-refractivity contribution in [3.8, 4) is 0 Å². The summed E-state index contributed by atoms with van der Waals surface area (Å²) in [5.74, 6) is 2.65. The van der Waals surface area contributed by atoms with Gasteiger partial charge in [0.05, 0.1) is 10.9 Å². The van der Waals surface area contributed by atoms with Crippen LogP contribution in [0.2, 0.25) is 0 Å². The zero-order chi connectivity index (χ0) is 16.2. The van der Waals surface area contributed by atoms with Crippen LogP contribution in [0.1, 0.15) is 47.0 Å². The molecule has 1 aliphatic rings. The van der Waals surface area contributed by atoms with Gasteiger partial charge >= 0.3 is 0 Å². The summed E-state index contributed by atoms with van der Waals surface area (Å²) in [6.45, 7) is 6.96. The molecule has 5 heteroatoms. The minimum atomic E-state index is -0.00124. The van der Waals surface area contributed by atoms with E-state index in [9.17, 15) is 4.79 Å². The Bertz CT molecular complexity index is 627. The Kier molecular flexibility index (Phi) is 5.18. The van der Waals surface area contributed by atoms with E-state index in [2.05, 4.69) is 17.1 Å². The number of hydrogen-bond acceptors (Lipinski definition) is 4. The number of amides is 1. The smallest absolute Gasteiger partial charge is 0.261 e. The van der Waals surface area contributed by atoms with E-state index < -0.39 is 0 Å². The van der Waals surface area contributed by atoms with Crippen molar-refractivity contribution in [2.45, 2.75) is 32.7 Å². The van der Waals surface area contributed by atoms with E-state index in [1.165, 1.54) is 24.2 Å². The average molecular weight is 332 g/mol. The van der Waals surface area contributed by atoms with Gasteiger partial charge in [-0.05, 0) is 62.4 Å². The van der Waals surface area contributed by atoms with Crippen LogP contribution in [0.3, 0.4) is 0 Å². The summed E-state index contributed by atoms with van der Waals surface area (Å²) in [7, 11) is 0. The summed E-state index contributed by atoms with van der Waals surface area (Å²) in [6, 6.07) is 7.90. The molecule has 0 unspecified atom stereocenters. The zero-order valence-corrected chi connectivity index (χ0v) is 14.6. The summed E-state index contributed by atoms with van der Waals surface area (Å²) in [4.78, 5) is 15.4. The SMILES string of the molecule is Cc1ccc([C@@H](CNC(=O)c2cccs2)N2CCC(C)CC2)o1. The quantitative estimate of drug-likeness (QED) is 0.904. The normalized spacial score (nSPS) is 18.0. The summed E-state index contributed by atoms with van der Waals surface area (Å²) >= 11 is 1.47. The molecule has 1 fully saturated rings. The molecule has 2 aromatic rings. The Balaban J connectivity index is 1.69. The predicted molar refractivity (Wildman–Crippen MR) is 92.8 cm³/mol. The van der Waals surface area contributed by atoms with Crippen molar-refractivity contribution in [1.82, 2.24) is 10.2 Å². The predicted octanol–water partition coefficient (Wildman–Crippen LogP) is 3.85. The van der Waals surface area contributed by atoms with Crippen molar-refractivity contribution < 1.29 is 9.21 Å². The Labute approximate surface area is 141 Å². The third-order valence-electron chi connectivity index (χ3n) is 4.55. The molecule has 0 bridgehead atoms. The van der Waals surface area contributed by atoms with Gasteiger partial charge in [-0.1, -0.05) is 13.0 Å². The lowest BCUT2D eigenvalue weighted by Gasteiger charge is -2.35. The number of nitrogens with zero attached hydrogens (tertiary/aromatic N) is 1. The molecule has 4 nitrogen and oxygen atoms in total. The molecular formula is C18H24N2O2S. The molecular weight excluding hydrogens is 308 g/mol. The molecule has 0 aliphatic carbocycles. The molecule has 1 atom stereocenters. The van der Waals surface area contributed by atoms with Gasteiger partial charge in [0.2, 0.25) is 0 Å². The second kappa shape index (κ2) is 7.32. The van der Waals surface area contributed by atoms with E-state index in [1.54, 1.807) is 0 Å². The van der Waals surface area contributed by atoms with Gasteiger partial charge in [-0.2, -0.15) is 0 Å². The van der Waals surface area contributed by atoms with E-state index in [0.29, 0.717) is 6.54 Å². The van der Waals surface area contributed by atoms with Crippen molar-refractivity contribution >= 4 is 17.2 Å². The number of aryl methyl sites for hydroxylation is 1. The molecule has 1 aliphatic heterocycles. The van der Waals surface area contributed by atoms with Crippen LogP contribution in [0.4, 0.5) is 0 Å². The number of furan rings is 1. The van der Waals surface area contributed by atoms with Crippen LogP contribution in [0.15, 0.2) is 34.1 Å². The fraction of sp³-hybridized carbons (Fsp3) is 0.500. The van der Waals surface area contributed by atoms with Crippen LogP contribution in [0, 0.1) is 12.8 Å². The maximum absolute atomic E-state index is 12.2. The van der Waals surface area contributed by atoms with Gasteiger partial charge in [-0.15, -0.1) is 11.3 Å². The van der Waals surface area contributed by atoms with Gasteiger partial charge in [0.25, 0.3) is 5.91 Å². The highest BCUT2D eigenvalue weighted by molar-refractivity contribution is 7.12. The molecule has 23 heavy (non-hydrogen) atoms. The van der Waals surface area contributed by atoms with Crippen molar-refractivity contribution in [3.63, 3.8) is 0 Å². The Hall–Kier alpha value is -1.59. The summed E-state index contributed by atoms with van der Waals surface area (Å²) in [6.07, 6.45) is 2.41. The van der Waals surface area contributed by atoms with Gasteiger partial charge in [0.15, 0.2) is 0 Å². The summed E-state index contributed by atoms with van der Waals surface area (Å²) in [5.41, 5.74) is 0. The van der Waals surface area contributed by atoms with E-state index in [4.69, 9.17) is 4.42 Å².